The molecule has 0 unspecified atom stereocenters. The topological polar surface area (TPSA) is 243 Å². The minimum atomic E-state index is -4.60. The predicted octanol–water partition coefficient (Wildman–Crippen LogP) is 9.71. The Hall–Kier alpha value is -8.60. The summed E-state index contributed by atoms with van der Waals surface area (Å²) in [5.74, 6) is -2.13. The first-order valence-electron chi connectivity index (χ1n) is 35.8. The van der Waals surface area contributed by atoms with Crippen LogP contribution < -0.4 is 16.0 Å². The quantitative estimate of drug-likeness (QED) is 0.0327. The van der Waals surface area contributed by atoms with Gasteiger partial charge in [-0.2, -0.15) is 26.3 Å². The number of nitrogens with zero attached hydrogens (tertiary/aromatic N) is 7. The van der Waals surface area contributed by atoms with Gasteiger partial charge in [-0.3, -0.25) is 48.7 Å². The molecule has 7 heterocycles. The van der Waals surface area contributed by atoms with Crippen molar-refractivity contribution in [2.24, 2.45) is 11.8 Å². The minimum absolute atomic E-state index is 0.0119. The lowest BCUT2D eigenvalue weighted by Crippen LogP contribution is -2.63. The number of amides is 4. The molecule has 0 saturated carbocycles. The first kappa shape index (κ1) is 76.1. The molecular weight excluding hydrogens is 1360 g/mol. The SMILES string of the molecule is CC(C)(c1cc2cnccc2o1)N1CCN(C[C@@H](O)C[C@@H](Cc2ccccc2)C(=O)N[C@H]2c3ccccc3C[C@H]2O)[C@H](C(=O)NCC(F)(F)F)C1.CC1(C)O[C@@H]2Cc3ccccc3[C@@H]2N1C(=O)[C@H](Cc1ccccc1)C[C@H](O)CN1CCN(C(C)(C)c2cc3cnccc3o2)C[C@H]1C(=O)NCC(F)(F)F. The number of pyridine rings is 2. The zero-order valence-corrected chi connectivity index (χ0v) is 59.7. The van der Waals surface area contributed by atoms with E-state index in [1.54, 1.807) is 46.7 Å². The van der Waals surface area contributed by atoms with Gasteiger partial charge in [-0.1, -0.05) is 109 Å². The number of hydrogen-bond acceptors (Lipinski definition) is 16. The monoisotopic (exact) mass is 1450 g/mol. The van der Waals surface area contributed by atoms with Gasteiger partial charge in [0, 0.05) is 113 Å². The lowest BCUT2D eigenvalue weighted by Gasteiger charge is -2.47. The number of fused-ring (bicyclic) bond motifs is 6. The van der Waals surface area contributed by atoms with Crippen molar-refractivity contribution in [1.29, 1.82) is 0 Å². The maximum atomic E-state index is 14.8. The number of furan rings is 2. The smallest absolute Gasteiger partial charge is 0.405 e. The molecule has 4 aromatic heterocycles. The fourth-order valence-corrected chi connectivity index (χ4v) is 15.9. The number of rotatable bonds is 23. The third-order valence-electron chi connectivity index (χ3n) is 21.5. The van der Waals surface area contributed by atoms with Gasteiger partial charge < -0.3 is 49.7 Å². The van der Waals surface area contributed by atoms with Crippen molar-refractivity contribution < 1.29 is 74.4 Å². The average Bonchev–Trinajstić information content (AvgIpc) is 1.58. The van der Waals surface area contributed by atoms with Crippen LogP contribution in [0.15, 0.2) is 167 Å². The molecule has 10 atom stereocenters. The summed E-state index contributed by atoms with van der Waals surface area (Å²) in [6, 6.07) is 39.0. The molecule has 8 aromatic rings. The number of alkyl halides is 6. The van der Waals surface area contributed by atoms with Crippen LogP contribution in [0, 0.1) is 11.8 Å². The van der Waals surface area contributed by atoms with E-state index < -0.39 is 102 Å². The molecule has 3 saturated heterocycles. The number of aromatic nitrogens is 2. The third-order valence-corrected chi connectivity index (χ3v) is 21.5. The van der Waals surface area contributed by atoms with E-state index in [1.807, 2.05) is 177 Å². The van der Waals surface area contributed by atoms with Crippen molar-refractivity contribution >= 4 is 45.6 Å². The molecule has 13 rings (SSSR count). The van der Waals surface area contributed by atoms with Crippen molar-refractivity contribution in [2.45, 2.75) is 158 Å². The summed E-state index contributed by atoms with van der Waals surface area (Å²) in [5, 5.41) is 42.8. The van der Waals surface area contributed by atoms with Crippen molar-refractivity contribution in [2.75, 3.05) is 65.4 Å². The molecular formula is C79H92F6N10O10. The summed E-state index contributed by atoms with van der Waals surface area (Å²) in [4.78, 5) is 73.2. The van der Waals surface area contributed by atoms with Crippen LogP contribution in [0.1, 0.15) is 111 Å². The highest BCUT2D eigenvalue weighted by Gasteiger charge is 2.55. The highest BCUT2D eigenvalue weighted by Crippen LogP contribution is 2.49. The second-order valence-electron chi connectivity index (χ2n) is 29.9. The first-order valence-corrected chi connectivity index (χ1v) is 35.8. The van der Waals surface area contributed by atoms with Crippen LogP contribution >= 0.6 is 0 Å². The number of aliphatic hydroxyl groups excluding tert-OH is 3. The van der Waals surface area contributed by atoms with Crippen LogP contribution in [0.3, 0.4) is 0 Å². The Kier molecular flexibility index (Phi) is 22.8. The summed E-state index contributed by atoms with van der Waals surface area (Å²) in [7, 11) is 0. The van der Waals surface area contributed by atoms with E-state index in [0.717, 1.165) is 44.2 Å². The van der Waals surface area contributed by atoms with Crippen LogP contribution in [0.5, 0.6) is 0 Å². The highest BCUT2D eigenvalue weighted by molar-refractivity contribution is 5.84. The van der Waals surface area contributed by atoms with Crippen molar-refractivity contribution in [3.8, 4) is 0 Å². The Bertz CT molecular complexity index is 4260. The molecule has 3 fully saturated rings. The standard InChI is InChI=1S/C41H48F3N5O5.C38H44F3N5O5/c1-39(2,35-21-29-22-45-15-14-33(29)53-35)48-17-16-47(32(24-48)37(51)46-25-41(42,43)44)23-30(50)19-28(18-26-10-6-5-7-11-26)38(52)49-36-31-13-9-8-12-27(31)20-34(36)54-40(49,3)4;1-37(2,33-19-27-20-42-13-12-32(27)51-33)46-15-14-45(30(22-46)36(50)43-23-38(39,40)41)21-28(47)17-26(16-24-8-4-3-5-9-24)35(49)44-34-29-11-7-6-10-25(29)18-31(34)48/h5-15,21-22,28,30,32,34,36,50H,16-20,23-25H2,1-4H3,(H,46,51);3-13,19-20,26,28,30-31,34,47-48H,14-18,21-23H2,1-2H3,(H,43,50)(H,44,49)/t28-,30+,32+,34-,36+;26-,28+,30+,31-,34+/m11/s1. The molecule has 26 heteroatoms. The number of carbonyl (C=O) groups excluding carboxylic acids is 4. The van der Waals surface area contributed by atoms with Gasteiger partial charge >= 0.3 is 12.4 Å². The van der Waals surface area contributed by atoms with Crippen LogP contribution in [0.4, 0.5) is 26.3 Å². The Balaban J connectivity index is 0.000000198. The molecule has 0 radical (unpaired) electrons. The minimum Gasteiger partial charge on any atom is -0.459 e. The summed E-state index contributed by atoms with van der Waals surface area (Å²) in [6.07, 6.45) is -3.76. The summed E-state index contributed by atoms with van der Waals surface area (Å²) in [5.41, 5.74) is 4.82. The third kappa shape index (κ3) is 17.8. The lowest BCUT2D eigenvalue weighted by atomic mass is 9.90. The number of carbonyl (C=O) groups is 4. The number of hydrogen-bond donors (Lipinski definition) is 6. The van der Waals surface area contributed by atoms with E-state index in [4.69, 9.17) is 13.6 Å². The van der Waals surface area contributed by atoms with E-state index in [1.165, 1.54) is 0 Å². The first-order chi connectivity index (χ1) is 49.9. The lowest BCUT2D eigenvalue weighted by molar-refractivity contribution is -0.153. The van der Waals surface area contributed by atoms with Gasteiger partial charge in [0.25, 0.3) is 0 Å². The maximum Gasteiger partial charge on any atom is 0.405 e. The zero-order chi connectivity index (χ0) is 74.8. The molecule has 2 aliphatic carbocycles. The van der Waals surface area contributed by atoms with Crippen LogP contribution in [-0.4, -0.2) is 193 Å². The molecule has 6 N–H and O–H groups in total. The highest BCUT2D eigenvalue weighted by atomic mass is 19.4. The van der Waals surface area contributed by atoms with Crippen LogP contribution in [-0.2, 0) is 60.7 Å². The zero-order valence-electron chi connectivity index (χ0n) is 59.7. The van der Waals surface area contributed by atoms with Gasteiger partial charge in [0.05, 0.1) is 47.6 Å². The number of aliphatic hydroxyl groups is 3. The molecule has 3 aliphatic heterocycles. The Labute approximate surface area is 606 Å². The summed E-state index contributed by atoms with van der Waals surface area (Å²) < 4.78 is 98.1. The predicted molar refractivity (Wildman–Crippen MR) is 380 cm³/mol. The van der Waals surface area contributed by atoms with Gasteiger partial charge in [-0.05, 0) is 125 Å². The normalized spacial score (nSPS) is 22.1. The average molecular weight is 1460 g/mol. The van der Waals surface area contributed by atoms with Crippen molar-refractivity contribution in [3.05, 3.63) is 203 Å². The number of ether oxygens (including phenoxy) is 1. The fraction of sp³-hybridized carbons (Fsp3) is 0.468. The number of benzene rings is 4. The van der Waals surface area contributed by atoms with E-state index in [-0.39, 0.29) is 76.1 Å². The van der Waals surface area contributed by atoms with Gasteiger partial charge in [-0.25, -0.2) is 0 Å². The van der Waals surface area contributed by atoms with E-state index >= 15 is 0 Å². The second-order valence-corrected chi connectivity index (χ2v) is 29.9. The Morgan fingerprint density at radius 3 is 1.52 bits per heavy atom. The molecule has 105 heavy (non-hydrogen) atoms. The van der Waals surface area contributed by atoms with Gasteiger partial charge in [0.15, 0.2) is 0 Å². The number of halogens is 6. The maximum absolute atomic E-state index is 14.8. The van der Waals surface area contributed by atoms with Gasteiger partial charge in [0.1, 0.15) is 53.6 Å². The molecule has 5 aliphatic rings. The molecule has 4 aromatic carbocycles. The van der Waals surface area contributed by atoms with Crippen molar-refractivity contribution in [3.63, 3.8) is 0 Å². The van der Waals surface area contributed by atoms with Crippen LogP contribution in [0.25, 0.3) is 21.9 Å². The van der Waals surface area contributed by atoms with E-state index in [9.17, 15) is 60.8 Å². The molecule has 0 bridgehead atoms. The number of nitrogens with one attached hydrogen (secondary N) is 3. The van der Waals surface area contributed by atoms with Gasteiger partial charge in [0.2, 0.25) is 23.6 Å². The molecule has 20 nitrogen and oxygen atoms in total. The van der Waals surface area contributed by atoms with E-state index in [2.05, 4.69) is 26.7 Å². The van der Waals surface area contributed by atoms with E-state index in [0.29, 0.717) is 61.5 Å². The van der Waals surface area contributed by atoms with Gasteiger partial charge in [-0.15, -0.1) is 0 Å². The molecule has 4 amide bonds. The summed E-state index contributed by atoms with van der Waals surface area (Å²) in [6.45, 7) is 10.2. The molecule has 560 valence electrons. The largest absolute Gasteiger partial charge is 0.459 e. The van der Waals surface area contributed by atoms with Crippen molar-refractivity contribution in [1.82, 2.24) is 50.4 Å². The fourth-order valence-electron chi connectivity index (χ4n) is 15.9. The Morgan fingerprint density at radius 2 is 1.04 bits per heavy atom. The Morgan fingerprint density at radius 1 is 0.590 bits per heavy atom. The summed E-state index contributed by atoms with van der Waals surface area (Å²) >= 11 is 0. The van der Waals surface area contributed by atoms with Crippen LogP contribution in [0.2, 0.25) is 0 Å². The number of piperazine rings is 2. The molecule has 0 spiro atoms. The number of β-amino-alcohol motifs (C(OH)–C–C–N with tert-alkyl or cyclic N) is 2. The second kappa shape index (κ2) is 31.5.